The Balaban J connectivity index is 1.79. The third kappa shape index (κ3) is 5.99. The number of esters is 1. The zero-order chi connectivity index (χ0) is 18.2. The minimum atomic E-state index is -0.450. The van der Waals surface area contributed by atoms with Gasteiger partial charge in [-0.25, -0.2) is 4.79 Å². The number of ether oxygens (including phenoxy) is 1. The van der Waals surface area contributed by atoms with Gasteiger partial charge in [-0.1, -0.05) is 19.3 Å². The van der Waals surface area contributed by atoms with Gasteiger partial charge in [0.05, 0.1) is 18.6 Å². The fourth-order valence-electron chi connectivity index (χ4n) is 3.66. The molecular formula is C18H31N3O4. The van der Waals surface area contributed by atoms with Crippen molar-refractivity contribution in [2.45, 2.75) is 70.9 Å². The molecule has 7 nitrogen and oxygen atoms in total. The molecule has 142 valence electrons. The normalized spacial score (nSPS) is 23.5. The van der Waals surface area contributed by atoms with E-state index in [1.165, 1.54) is 6.42 Å². The van der Waals surface area contributed by atoms with Gasteiger partial charge >= 0.3 is 12.0 Å². The van der Waals surface area contributed by atoms with Crippen molar-refractivity contribution in [3.05, 3.63) is 0 Å². The van der Waals surface area contributed by atoms with E-state index in [2.05, 4.69) is 10.6 Å². The topological polar surface area (TPSA) is 87.7 Å². The second kappa shape index (κ2) is 9.75. The Bertz CT molecular complexity index is 477. The lowest BCUT2D eigenvalue weighted by atomic mass is 9.96. The van der Waals surface area contributed by atoms with E-state index in [-0.39, 0.29) is 23.8 Å². The van der Waals surface area contributed by atoms with Crippen LogP contribution in [0.5, 0.6) is 0 Å². The molecule has 1 heterocycles. The summed E-state index contributed by atoms with van der Waals surface area (Å²) in [5.41, 5.74) is 0. The third-order valence-electron chi connectivity index (χ3n) is 5.18. The van der Waals surface area contributed by atoms with Gasteiger partial charge in [-0.15, -0.1) is 0 Å². The monoisotopic (exact) mass is 353 g/mol. The molecule has 0 unspecified atom stereocenters. The zero-order valence-electron chi connectivity index (χ0n) is 15.4. The first-order valence-corrected chi connectivity index (χ1v) is 9.53. The molecule has 0 bridgehead atoms. The van der Waals surface area contributed by atoms with Crippen LogP contribution in [0, 0.1) is 5.92 Å². The Labute approximate surface area is 149 Å². The van der Waals surface area contributed by atoms with Gasteiger partial charge < -0.3 is 10.1 Å². The molecule has 1 saturated carbocycles. The minimum Gasteiger partial charge on any atom is -0.466 e. The second-order valence-electron chi connectivity index (χ2n) is 7.06. The fourth-order valence-corrected chi connectivity index (χ4v) is 3.66. The molecule has 0 aromatic rings. The SMILES string of the molecule is CCOC(=O)[C@@H]1CCCN([C@@H](C)C(=O)NC(=O)NC2CCCCC2)C1. The lowest BCUT2D eigenvalue weighted by Crippen LogP contribution is -2.54. The number of imide groups is 1. The summed E-state index contributed by atoms with van der Waals surface area (Å²) in [4.78, 5) is 38.3. The van der Waals surface area contributed by atoms with Crippen LogP contribution in [0.2, 0.25) is 0 Å². The predicted octanol–water partition coefficient (Wildman–Crippen LogP) is 1.81. The van der Waals surface area contributed by atoms with Crippen LogP contribution in [0.3, 0.4) is 0 Å². The number of likely N-dealkylation sites (tertiary alicyclic amines) is 1. The Morgan fingerprint density at radius 2 is 1.84 bits per heavy atom. The van der Waals surface area contributed by atoms with Crippen molar-refractivity contribution in [1.29, 1.82) is 0 Å². The number of rotatable bonds is 5. The Hall–Kier alpha value is -1.63. The molecule has 0 radical (unpaired) electrons. The molecule has 0 spiro atoms. The molecule has 0 aromatic carbocycles. The maximum atomic E-state index is 12.4. The van der Waals surface area contributed by atoms with Crippen LogP contribution in [0.4, 0.5) is 4.79 Å². The molecule has 2 N–H and O–H groups in total. The molecule has 2 fully saturated rings. The highest BCUT2D eigenvalue weighted by molar-refractivity contribution is 5.96. The van der Waals surface area contributed by atoms with Gasteiger partial charge in [0.2, 0.25) is 5.91 Å². The number of piperidine rings is 1. The summed E-state index contributed by atoms with van der Waals surface area (Å²) in [5, 5.41) is 5.33. The van der Waals surface area contributed by atoms with Crippen LogP contribution >= 0.6 is 0 Å². The maximum Gasteiger partial charge on any atom is 0.321 e. The molecule has 1 aliphatic heterocycles. The van der Waals surface area contributed by atoms with Crippen molar-refractivity contribution < 1.29 is 19.1 Å². The van der Waals surface area contributed by atoms with Crippen molar-refractivity contribution >= 4 is 17.9 Å². The van der Waals surface area contributed by atoms with Gasteiger partial charge in [0.15, 0.2) is 0 Å². The van der Waals surface area contributed by atoms with E-state index >= 15 is 0 Å². The zero-order valence-corrected chi connectivity index (χ0v) is 15.4. The van der Waals surface area contributed by atoms with E-state index in [9.17, 15) is 14.4 Å². The molecule has 2 atom stereocenters. The van der Waals surface area contributed by atoms with Gasteiger partial charge in [-0.2, -0.15) is 0 Å². The van der Waals surface area contributed by atoms with Gasteiger partial charge in [0.25, 0.3) is 0 Å². The van der Waals surface area contributed by atoms with E-state index < -0.39 is 12.1 Å². The smallest absolute Gasteiger partial charge is 0.321 e. The summed E-state index contributed by atoms with van der Waals surface area (Å²) >= 11 is 0. The van der Waals surface area contributed by atoms with Crippen LogP contribution in [0.1, 0.15) is 58.8 Å². The van der Waals surface area contributed by atoms with Crippen molar-refractivity contribution in [2.75, 3.05) is 19.7 Å². The average Bonchev–Trinajstić information content (AvgIpc) is 2.62. The van der Waals surface area contributed by atoms with E-state index in [1.807, 2.05) is 4.90 Å². The van der Waals surface area contributed by atoms with Crippen molar-refractivity contribution in [3.8, 4) is 0 Å². The highest BCUT2D eigenvalue weighted by atomic mass is 16.5. The largest absolute Gasteiger partial charge is 0.466 e. The molecule has 1 saturated heterocycles. The van der Waals surface area contributed by atoms with Crippen molar-refractivity contribution in [3.63, 3.8) is 0 Å². The van der Waals surface area contributed by atoms with Crippen LogP contribution in [0.25, 0.3) is 0 Å². The first-order valence-electron chi connectivity index (χ1n) is 9.53. The number of carbonyl (C=O) groups is 3. The molecule has 0 aromatic heterocycles. The number of hydrogen-bond acceptors (Lipinski definition) is 5. The molecule has 2 rings (SSSR count). The number of amides is 3. The second-order valence-corrected chi connectivity index (χ2v) is 7.06. The van der Waals surface area contributed by atoms with Crippen molar-refractivity contribution in [1.82, 2.24) is 15.5 Å². The van der Waals surface area contributed by atoms with E-state index in [0.29, 0.717) is 13.2 Å². The van der Waals surface area contributed by atoms with Gasteiger partial charge in [0, 0.05) is 12.6 Å². The van der Waals surface area contributed by atoms with Gasteiger partial charge in [-0.3, -0.25) is 19.8 Å². The maximum absolute atomic E-state index is 12.4. The standard InChI is InChI=1S/C18H31N3O4/c1-3-25-17(23)14-8-7-11-21(12-14)13(2)16(22)20-18(24)19-15-9-5-4-6-10-15/h13-15H,3-12H2,1-2H3,(H2,19,20,22,24)/t13-,14+/m0/s1. The van der Waals surface area contributed by atoms with Crippen LogP contribution in [-0.4, -0.2) is 54.6 Å². The van der Waals surface area contributed by atoms with E-state index in [0.717, 1.165) is 45.1 Å². The summed E-state index contributed by atoms with van der Waals surface area (Å²) in [6.45, 7) is 5.18. The lowest BCUT2D eigenvalue weighted by Gasteiger charge is -2.35. The number of nitrogens with zero attached hydrogens (tertiary/aromatic N) is 1. The Morgan fingerprint density at radius 1 is 1.12 bits per heavy atom. The van der Waals surface area contributed by atoms with Crippen LogP contribution in [0.15, 0.2) is 0 Å². The molecule has 1 aliphatic carbocycles. The summed E-state index contributed by atoms with van der Waals surface area (Å²) in [6.07, 6.45) is 7.04. The third-order valence-corrected chi connectivity index (χ3v) is 5.18. The highest BCUT2D eigenvalue weighted by Gasteiger charge is 2.32. The Kier molecular flexibility index (Phi) is 7.68. The molecule has 3 amide bonds. The first kappa shape index (κ1) is 19.7. The fraction of sp³-hybridized carbons (Fsp3) is 0.833. The summed E-state index contributed by atoms with van der Waals surface area (Å²) in [5.74, 6) is -0.715. The van der Waals surface area contributed by atoms with Gasteiger partial charge in [-0.05, 0) is 46.1 Å². The van der Waals surface area contributed by atoms with Crippen molar-refractivity contribution in [2.24, 2.45) is 5.92 Å². The molecule has 2 aliphatic rings. The van der Waals surface area contributed by atoms with Crippen LogP contribution in [-0.2, 0) is 14.3 Å². The first-order chi connectivity index (χ1) is 12.0. The minimum absolute atomic E-state index is 0.167. The quantitative estimate of drug-likeness (QED) is 0.736. The molecule has 25 heavy (non-hydrogen) atoms. The number of carbonyl (C=O) groups excluding carboxylic acids is 3. The highest BCUT2D eigenvalue weighted by Crippen LogP contribution is 2.20. The van der Waals surface area contributed by atoms with E-state index in [1.54, 1.807) is 13.8 Å². The summed E-state index contributed by atoms with van der Waals surface area (Å²) in [7, 11) is 0. The lowest BCUT2D eigenvalue weighted by molar-refractivity contribution is -0.151. The Morgan fingerprint density at radius 3 is 2.52 bits per heavy atom. The summed E-state index contributed by atoms with van der Waals surface area (Å²) in [6, 6.07) is -0.697. The number of urea groups is 1. The van der Waals surface area contributed by atoms with Gasteiger partial charge in [0.1, 0.15) is 0 Å². The predicted molar refractivity (Wildman–Crippen MR) is 93.9 cm³/mol. The summed E-state index contributed by atoms with van der Waals surface area (Å²) < 4.78 is 5.09. The molecular weight excluding hydrogens is 322 g/mol. The average molecular weight is 353 g/mol. The number of hydrogen-bond donors (Lipinski definition) is 2. The van der Waals surface area contributed by atoms with E-state index in [4.69, 9.17) is 4.74 Å². The molecule has 7 heteroatoms. The van der Waals surface area contributed by atoms with Crippen LogP contribution < -0.4 is 10.6 Å². The number of nitrogens with one attached hydrogen (secondary N) is 2.